The molecule has 0 radical (unpaired) electrons. The number of carbonyl (C=O) groups excluding carboxylic acids is 2. The molecular formula is C45H75N5O11. The van der Waals surface area contributed by atoms with Gasteiger partial charge < -0.3 is 49.4 Å². The number of unbranched alkanes of at least 4 members (excludes halogenated alkanes) is 2. The fraction of sp³-hybridized carbons (Fsp3) is 0.778. The zero-order valence-corrected chi connectivity index (χ0v) is 38.3. The third kappa shape index (κ3) is 13.0. The van der Waals surface area contributed by atoms with Crippen molar-refractivity contribution >= 4 is 11.9 Å². The van der Waals surface area contributed by atoms with Gasteiger partial charge in [0, 0.05) is 49.6 Å². The number of likely N-dealkylation sites (N-methyl/N-ethyl adjacent to an activating group) is 2. The normalized spacial score (nSPS) is 36.2. The first-order valence-electron chi connectivity index (χ1n) is 22.1. The minimum absolute atomic E-state index is 0.152. The fourth-order valence-corrected chi connectivity index (χ4v) is 9.21. The molecule has 1 aromatic heterocycles. The van der Waals surface area contributed by atoms with Crippen LogP contribution in [0.4, 0.5) is 0 Å². The van der Waals surface area contributed by atoms with Gasteiger partial charge in [-0.05, 0) is 92.3 Å². The van der Waals surface area contributed by atoms with E-state index in [0.717, 1.165) is 36.1 Å². The van der Waals surface area contributed by atoms with Crippen LogP contribution in [-0.4, -0.2) is 156 Å². The lowest BCUT2D eigenvalue weighted by molar-refractivity contribution is -0.300. The van der Waals surface area contributed by atoms with Crippen molar-refractivity contribution in [3.63, 3.8) is 0 Å². The molecule has 4 rings (SSSR count). The Balaban J connectivity index is 1.49. The Kier molecular flexibility index (Phi) is 18.3. The topological polar surface area (TPSA) is 209 Å². The minimum atomic E-state index is -1.79. The van der Waals surface area contributed by atoms with E-state index in [4.69, 9.17) is 18.9 Å². The Morgan fingerprint density at radius 2 is 1.69 bits per heavy atom. The first kappa shape index (κ1) is 50.6. The predicted octanol–water partition coefficient (Wildman–Crippen LogP) is 3.54. The van der Waals surface area contributed by atoms with Gasteiger partial charge in [-0.3, -0.25) is 19.2 Å². The van der Waals surface area contributed by atoms with Gasteiger partial charge in [-0.15, -0.1) is 5.10 Å². The van der Waals surface area contributed by atoms with Crippen LogP contribution in [-0.2, 0) is 41.6 Å². The number of aliphatic hydroxyl groups excluding tert-OH is 3. The average molecular weight is 862 g/mol. The maximum Gasteiger partial charge on any atom is 0.311 e. The number of ether oxygens (including phenoxy) is 4. The molecule has 3 heterocycles. The molecule has 2 aliphatic heterocycles. The largest absolute Gasteiger partial charge is 0.469 e. The number of nitrogens with zero attached hydrogens (tertiary/aromatic N) is 5. The number of benzene rings is 1. The van der Waals surface area contributed by atoms with Gasteiger partial charge in [-0.25, -0.2) is 0 Å². The van der Waals surface area contributed by atoms with E-state index in [0.29, 0.717) is 32.5 Å². The summed E-state index contributed by atoms with van der Waals surface area (Å²) in [5, 5.41) is 67.4. The number of aromatic nitrogens is 3. The van der Waals surface area contributed by atoms with Crippen molar-refractivity contribution in [1.82, 2.24) is 24.8 Å². The summed E-state index contributed by atoms with van der Waals surface area (Å²) in [6, 6.07) is 7.11. The Labute approximate surface area is 362 Å². The van der Waals surface area contributed by atoms with Gasteiger partial charge in [0.05, 0.1) is 43.1 Å². The number of esters is 2. The second-order valence-electron chi connectivity index (χ2n) is 18.5. The lowest BCUT2D eigenvalue weighted by atomic mass is 9.78. The number of hydrogen-bond acceptors (Lipinski definition) is 15. The first-order chi connectivity index (χ1) is 28.6. The number of aliphatic hydroxyl groups is 5. The Hall–Kier alpha value is -3.06. The molecule has 0 aliphatic carbocycles. The molecule has 2 aliphatic rings. The van der Waals surface area contributed by atoms with Crippen LogP contribution in [0.25, 0.3) is 11.3 Å². The molecule has 61 heavy (non-hydrogen) atoms. The summed E-state index contributed by atoms with van der Waals surface area (Å²) in [4.78, 5) is 28.9. The Bertz CT molecular complexity index is 1670. The molecule has 0 saturated carbocycles. The highest BCUT2D eigenvalue weighted by molar-refractivity contribution is 5.73. The number of methoxy groups -OCH3 is 1. The summed E-state index contributed by atoms with van der Waals surface area (Å²) in [7, 11) is 5.16. The van der Waals surface area contributed by atoms with Gasteiger partial charge in [0.15, 0.2) is 6.29 Å². The molecule has 346 valence electrons. The van der Waals surface area contributed by atoms with E-state index >= 15 is 0 Å². The van der Waals surface area contributed by atoms with Gasteiger partial charge in [0.2, 0.25) is 0 Å². The highest BCUT2D eigenvalue weighted by atomic mass is 16.7. The van der Waals surface area contributed by atoms with Crippen LogP contribution in [0.5, 0.6) is 0 Å². The summed E-state index contributed by atoms with van der Waals surface area (Å²) in [6.45, 7) is 15.4. The van der Waals surface area contributed by atoms with Gasteiger partial charge in [0.25, 0.3) is 0 Å². The molecular weight excluding hydrogens is 787 g/mol. The van der Waals surface area contributed by atoms with Crippen LogP contribution in [0.2, 0.25) is 0 Å². The van der Waals surface area contributed by atoms with E-state index in [1.165, 1.54) is 21.0 Å². The van der Waals surface area contributed by atoms with E-state index in [2.05, 4.69) is 15.2 Å². The fourth-order valence-electron chi connectivity index (χ4n) is 9.21. The Morgan fingerprint density at radius 3 is 2.33 bits per heavy atom. The molecule has 2 saturated heterocycles. The van der Waals surface area contributed by atoms with Gasteiger partial charge >= 0.3 is 11.9 Å². The summed E-state index contributed by atoms with van der Waals surface area (Å²) in [6.07, 6.45) is -1.61. The lowest BCUT2D eigenvalue weighted by Crippen LogP contribution is -2.59. The molecule has 1 aromatic carbocycles. The molecule has 16 heteroatoms. The van der Waals surface area contributed by atoms with Crippen LogP contribution >= 0.6 is 0 Å². The molecule has 2 fully saturated rings. The highest BCUT2D eigenvalue weighted by Crippen LogP contribution is 2.37. The molecule has 14 atom stereocenters. The lowest BCUT2D eigenvalue weighted by Gasteiger charge is -2.47. The predicted molar refractivity (Wildman–Crippen MR) is 229 cm³/mol. The molecule has 2 aromatic rings. The van der Waals surface area contributed by atoms with Gasteiger partial charge in [-0.1, -0.05) is 56.7 Å². The molecule has 0 spiro atoms. The molecule has 5 N–H and O–H groups in total. The van der Waals surface area contributed by atoms with Crippen LogP contribution in [0.1, 0.15) is 106 Å². The quantitative estimate of drug-likeness (QED) is 0.144. The van der Waals surface area contributed by atoms with Crippen molar-refractivity contribution < 1.29 is 54.1 Å². The molecule has 0 bridgehead atoms. The van der Waals surface area contributed by atoms with Crippen molar-refractivity contribution in [3.05, 3.63) is 36.0 Å². The van der Waals surface area contributed by atoms with E-state index in [9.17, 15) is 35.1 Å². The standard InChI is InChI=1S/C45H75N5O11/c1-12-36-45(8,57)40(54)31(6)48(9)24-27(2)23-44(7,56)41(29(4)38(52)30(5)42(55)60-36)61-43-39(53)35(22-28(3)59-43)49(10)25-32-17-19-33(20-18-32)34-26-50(47-46-34)21-15-13-14-16-37(51)58-11/h17-20,26-31,35-36,38-41,43,52-54,56-57H,12-16,21-25H2,1-11H3/t27-,28-,29+,30-,31-,35+,36-,38+,39-,40-,41-,43+,44-,45-/m1/s1. The van der Waals surface area contributed by atoms with Crippen LogP contribution < -0.4 is 0 Å². The van der Waals surface area contributed by atoms with Crippen LogP contribution in [0, 0.1) is 17.8 Å². The summed E-state index contributed by atoms with van der Waals surface area (Å²) < 4.78 is 25.2. The molecule has 0 amide bonds. The first-order valence-corrected chi connectivity index (χ1v) is 22.1. The van der Waals surface area contributed by atoms with Crippen molar-refractivity contribution in [2.24, 2.45) is 17.8 Å². The number of rotatable bonds is 13. The van der Waals surface area contributed by atoms with Crippen molar-refractivity contribution in [2.45, 2.75) is 180 Å². The zero-order chi connectivity index (χ0) is 45.4. The Morgan fingerprint density at radius 1 is 1.02 bits per heavy atom. The minimum Gasteiger partial charge on any atom is -0.469 e. The number of carbonyl (C=O) groups is 2. The van der Waals surface area contributed by atoms with E-state index in [1.807, 2.05) is 68.0 Å². The van der Waals surface area contributed by atoms with Crippen LogP contribution in [0.3, 0.4) is 0 Å². The third-order valence-electron chi connectivity index (χ3n) is 13.1. The highest BCUT2D eigenvalue weighted by Gasteiger charge is 2.50. The number of cyclic esters (lactones) is 1. The second kappa shape index (κ2) is 22.0. The number of hydrogen-bond donors (Lipinski definition) is 5. The maximum atomic E-state index is 13.6. The summed E-state index contributed by atoms with van der Waals surface area (Å²) in [5.74, 6) is -3.05. The van der Waals surface area contributed by atoms with Gasteiger partial charge in [-0.2, -0.15) is 0 Å². The zero-order valence-electron chi connectivity index (χ0n) is 38.3. The monoisotopic (exact) mass is 862 g/mol. The van der Waals surface area contributed by atoms with Crippen LogP contribution in [0.15, 0.2) is 30.5 Å². The SMILES string of the molecule is CC[C@H]1OC(=O)[C@H](C)[C@@H](O)[C@H](C)[C@@H](O[C@@H]2O[C@H](C)C[C@H](N(C)Cc3ccc(-c4cn(CCCCCC(=O)OC)nn4)cc3)[C@H]2O)[C@](C)(O)C[C@@H](C)CN(C)[C@H](C)[C@@H](O)[C@]1(C)O. The van der Waals surface area contributed by atoms with E-state index in [-0.39, 0.29) is 36.9 Å². The van der Waals surface area contributed by atoms with E-state index < -0.39 is 71.9 Å². The van der Waals surface area contributed by atoms with Crippen molar-refractivity contribution in [1.29, 1.82) is 0 Å². The summed E-state index contributed by atoms with van der Waals surface area (Å²) in [5.41, 5.74) is -0.666. The molecule has 0 unspecified atom stereocenters. The van der Waals surface area contributed by atoms with E-state index in [1.54, 1.807) is 27.7 Å². The average Bonchev–Trinajstić information content (AvgIpc) is 3.69. The van der Waals surface area contributed by atoms with Gasteiger partial charge in [0.1, 0.15) is 29.6 Å². The maximum absolute atomic E-state index is 13.6. The number of aryl methyl sites for hydroxylation is 1. The smallest absolute Gasteiger partial charge is 0.311 e. The second-order valence-corrected chi connectivity index (χ2v) is 18.5. The third-order valence-corrected chi connectivity index (χ3v) is 13.1. The summed E-state index contributed by atoms with van der Waals surface area (Å²) >= 11 is 0. The van der Waals surface area contributed by atoms with Crippen molar-refractivity contribution in [2.75, 3.05) is 27.7 Å². The molecule has 16 nitrogen and oxygen atoms in total. The van der Waals surface area contributed by atoms with Crippen molar-refractivity contribution in [3.8, 4) is 11.3 Å².